The molecule has 16 heavy (non-hydrogen) atoms. The van der Waals surface area contributed by atoms with E-state index in [0.717, 1.165) is 10.6 Å². The van der Waals surface area contributed by atoms with E-state index in [1.165, 1.54) is 11.3 Å². The Morgan fingerprint density at radius 2 is 2.12 bits per heavy atom. The summed E-state index contributed by atoms with van der Waals surface area (Å²) in [4.78, 5) is 9.48. The minimum absolute atomic E-state index is 0.542. The Morgan fingerprint density at radius 1 is 1.25 bits per heavy atom. The largest absolute Gasteiger partial charge is 0.433 e. The van der Waals surface area contributed by atoms with Crippen molar-refractivity contribution < 1.29 is 4.42 Å². The van der Waals surface area contributed by atoms with Crippen LogP contribution in [0.25, 0.3) is 22.0 Å². The molecular formula is C11H9N3OS. The van der Waals surface area contributed by atoms with Crippen LogP contribution in [0.4, 0.5) is 5.69 Å². The van der Waals surface area contributed by atoms with Crippen LogP contribution >= 0.6 is 11.3 Å². The number of fused-ring (bicyclic) bond motifs is 1. The number of aromatic nitrogens is 2. The second-order valence-corrected chi connectivity index (χ2v) is 4.41. The van der Waals surface area contributed by atoms with Crippen molar-refractivity contribution in [2.24, 2.45) is 0 Å². The average molecular weight is 231 g/mol. The molecule has 0 saturated carbocycles. The highest BCUT2D eigenvalue weighted by Gasteiger charge is 2.12. The van der Waals surface area contributed by atoms with Gasteiger partial charge in [-0.2, -0.15) is 4.98 Å². The van der Waals surface area contributed by atoms with Gasteiger partial charge in [0.1, 0.15) is 4.88 Å². The van der Waals surface area contributed by atoms with Gasteiger partial charge >= 0.3 is 0 Å². The Balaban J connectivity index is 2.23. The highest BCUT2D eigenvalue weighted by Crippen LogP contribution is 2.32. The maximum absolute atomic E-state index is 5.81. The summed E-state index contributed by atoms with van der Waals surface area (Å²) < 4.78 is 5.61. The Kier molecular flexibility index (Phi) is 1.94. The lowest BCUT2D eigenvalue weighted by Gasteiger charge is -1.89. The van der Waals surface area contributed by atoms with Crippen LogP contribution < -0.4 is 5.73 Å². The van der Waals surface area contributed by atoms with Gasteiger partial charge in [0.15, 0.2) is 11.2 Å². The first-order valence-electron chi connectivity index (χ1n) is 4.81. The molecule has 0 unspecified atom stereocenters. The lowest BCUT2D eigenvalue weighted by Crippen LogP contribution is -1.84. The van der Waals surface area contributed by atoms with Gasteiger partial charge in [-0.15, -0.1) is 11.3 Å². The number of nitrogens with zero attached hydrogens (tertiary/aromatic N) is 2. The van der Waals surface area contributed by atoms with Crippen LogP contribution in [0, 0.1) is 6.92 Å². The second-order valence-electron chi connectivity index (χ2n) is 3.50. The summed E-state index contributed by atoms with van der Waals surface area (Å²) in [5.74, 6) is 0.542. The van der Waals surface area contributed by atoms with Crippen molar-refractivity contribution in [2.45, 2.75) is 6.92 Å². The predicted molar refractivity (Wildman–Crippen MR) is 64.3 cm³/mol. The van der Waals surface area contributed by atoms with Crippen LogP contribution in [-0.2, 0) is 0 Å². The molecule has 5 heteroatoms. The fraction of sp³-hybridized carbons (Fsp3) is 0.0909. The highest BCUT2D eigenvalue weighted by atomic mass is 32.1. The van der Waals surface area contributed by atoms with E-state index in [-0.39, 0.29) is 0 Å². The molecule has 3 aromatic rings. The molecule has 0 radical (unpaired) electrons. The van der Waals surface area contributed by atoms with Crippen LogP contribution in [0.3, 0.4) is 0 Å². The van der Waals surface area contributed by atoms with Crippen molar-refractivity contribution in [1.82, 2.24) is 9.97 Å². The third-order valence-electron chi connectivity index (χ3n) is 2.28. The van der Waals surface area contributed by atoms with E-state index in [1.54, 1.807) is 0 Å². The second kappa shape index (κ2) is 3.31. The molecule has 0 aliphatic carbocycles. The van der Waals surface area contributed by atoms with E-state index in [2.05, 4.69) is 9.97 Å². The van der Waals surface area contributed by atoms with E-state index in [0.29, 0.717) is 22.8 Å². The van der Waals surface area contributed by atoms with Crippen LogP contribution in [0.1, 0.15) is 5.69 Å². The summed E-state index contributed by atoms with van der Waals surface area (Å²) in [6.07, 6.45) is 0. The van der Waals surface area contributed by atoms with Crippen LogP contribution in [-0.4, -0.2) is 9.97 Å². The fourth-order valence-corrected chi connectivity index (χ4v) is 2.25. The summed E-state index contributed by atoms with van der Waals surface area (Å²) in [5, 5.41) is 1.91. The minimum Gasteiger partial charge on any atom is -0.433 e. The molecule has 80 valence electrons. The smallest absolute Gasteiger partial charge is 0.241 e. The zero-order valence-electron chi connectivity index (χ0n) is 8.60. The molecule has 0 aliphatic rings. The summed E-state index contributed by atoms with van der Waals surface area (Å²) in [6, 6.07) is 5.61. The lowest BCUT2D eigenvalue weighted by molar-refractivity contribution is 0.621. The zero-order valence-corrected chi connectivity index (χ0v) is 9.41. The number of aryl methyl sites for hydroxylation is 1. The van der Waals surface area contributed by atoms with Crippen LogP contribution in [0.15, 0.2) is 28.0 Å². The van der Waals surface area contributed by atoms with Gasteiger partial charge in [0.25, 0.3) is 0 Å². The normalized spacial score (nSPS) is 11.1. The van der Waals surface area contributed by atoms with Crippen molar-refractivity contribution in [3.63, 3.8) is 0 Å². The Morgan fingerprint density at radius 3 is 2.88 bits per heavy atom. The van der Waals surface area contributed by atoms with Gasteiger partial charge in [0.05, 0.1) is 5.69 Å². The van der Waals surface area contributed by atoms with Crippen molar-refractivity contribution in [1.29, 1.82) is 0 Å². The first-order valence-corrected chi connectivity index (χ1v) is 5.69. The average Bonchev–Trinajstić information content (AvgIpc) is 2.82. The predicted octanol–water partition coefficient (Wildman–Crippen LogP) is 2.84. The Hall–Kier alpha value is -1.88. The highest BCUT2D eigenvalue weighted by molar-refractivity contribution is 7.14. The molecule has 0 atom stereocenters. The molecular weight excluding hydrogens is 222 g/mol. The van der Waals surface area contributed by atoms with Crippen molar-refractivity contribution >= 4 is 28.3 Å². The monoisotopic (exact) mass is 231 g/mol. The lowest BCUT2D eigenvalue weighted by atomic mass is 10.4. The molecule has 0 amide bonds. The van der Waals surface area contributed by atoms with Crippen molar-refractivity contribution in [2.75, 3.05) is 5.73 Å². The molecule has 0 saturated heterocycles. The number of hydrogen-bond acceptors (Lipinski definition) is 5. The third kappa shape index (κ3) is 1.37. The summed E-state index contributed by atoms with van der Waals surface area (Å²) in [5.41, 5.74) is 8.74. The van der Waals surface area contributed by atoms with Crippen molar-refractivity contribution in [3.05, 3.63) is 29.3 Å². The number of pyridine rings is 1. The van der Waals surface area contributed by atoms with Crippen LogP contribution in [0.2, 0.25) is 0 Å². The van der Waals surface area contributed by atoms with Gasteiger partial charge in [0.2, 0.25) is 5.89 Å². The zero-order chi connectivity index (χ0) is 11.1. The van der Waals surface area contributed by atoms with E-state index < -0.39 is 0 Å². The topological polar surface area (TPSA) is 64.9 Å². The number of rotatable bonds is 1. The third-order valence-corrected chi connectivity index (χ3v) is 3.20. The number of anilines is 1. The summed E-state index contributed by atoms with van der Waals surface area (Å²) in [7, 11) is 0. The molecule has 0 fully saturated rings. The van der Waals surface area contributed by atoms with Crippen molar-refractivity contribution in [3.8, 4) is 10.8 Å². The Bertz CT molecular complexity index is 656. The number of nitrogen functional groups attached to an aromatic ring is 1. The number of nitrogens with two attached hydrogens (primary N) is 1. The first kappa shape index (κ1) is 9.35. The standard InChI is InChI=1S/C11H9N3OS/c1-6-2-3-8-10(13-6)14-11(15-8)9-7(12)4-5-16-9/h2-5H,12H2,1H3. The van der Waals surface area contributed by atoms with E-state index in [4.69, 9.17) is 10.2 Å². The quantitative estimate of drug-likeness (QED) is 0.699. The minimum atomic E-state index is 0.542. The van der Waals surface area contributed by atoms with Gasteiger partial charge in [-0.3, -0.25) is 0 Å². The first-order chi connectivity index (χ1) is 7.74. The molecule has 3 heterocycles. The van der Waals surface area contributed by atoms with Gasteiger partial charge in [-0.1, -0.05) is 0 Å². The number of thiophene rings is 1. The molecule has 3 rings (SSSR count). The van der Waals surface area contributed by atoms with E-state index in [9.17, 15) is 0 Å². The maximum atomic E-state index is 5.81. The number of hydrogen-bond donors (Lipinski definition) is 1. The van der Waals surface area contributed by atoms with E-state index >= 15 is 0 Å². The van der Waals surface area contributed by atoms with Gasteiger partial charge < -0.3 is 10.2 Å². The van der Waals surface area contributed by atoms with Gasteiger partial charge in [0, 0.05) is 5.69 Å². The Labute approximate surface area is 95.7 Å². The van der Waals surface area contributed by atoms with Gasteiger partial charge in [-0.05, 0) is 30.5 Å². The molecule has 4 nitrogen and oxygen atoms in total. The number of oxazole rings is 1. The molecule has 0 aliphatic heterocycles. The van der Waals surface area contributed by atoms with Crippen LogP contribution in [0.5, 0.6) is 0 Å². The fourth-order valence-electron chi connectivity index (χ4n) is 1.50. The molecule has 2 N–H and O–H groups in total. The molecule has 3 aromatic heterocycles. The van der Waals surface area contributed by atoms with E-state index in [1.807, 2.05) is 30.5 Å². The molecule has 0 aromatic carbocycles. The SMILES string of the molecule is Cc1ccc2oc(-c3sccc3N)nc2n1. The maximum Gasteiger partial charge on any atom is 0.241 e. The summed E-state index contributed by atoms with van der Waals surface area (Å²) >= 11 is 1.51. The molecule has 0 bridgehead atoms. The molecule has 0 spiro atoms. The van der Waals surface area contributed by atoms with Gasteiger partial charge in [-0.25, -0.2) is 4.98 Å². The summed E-state index contributed by atoms with van der Waals surface area (Å²) in [6.45, 7) is 1.92.